The fourth-order valence-electron chi connectivity index (χ4n) is 2.41. The summed E-state index contributed by atoms with van der Waals surface area (Å²) in [5.74, 6) is 0.739. The van der Waals surface area contributed by atoms with Crippen molar-refractivity contribution in [1.82, 2.24) is 10.6 Å². The van der Waals surface area contributed by atoms with E-state index in [0.717, 1.165) is 37.2 Å². The lowest BCUT2D eigenvalue weighted by atomic mass is 10.1. The molecule has 116 valence electrons. The molecule has 0 spiro atoms. The third-order valence-electron chi connectivity index (χ3n) is 3.73. The summed E-state index contributed by atoms with van der Waals surface area (Å²) in [5.41, 5.74) is 1.05. The van der Waals surface area contributed by atoms with E-state index in [2.05, 4.69) is 10.6 Å². The highest BCUT2D eigenvalue weighted by atomic mass is 16.5. The van der Waals surface area contributed by atoms with E-state index in [-0.39, 0.29) is 24.7 Å². The molecule has 1 atom stereocenters. The van der Waals surface area contributed by atoms with Gasteiger partial charge in [-0.2, -0.15) is 0 Å². The van der Waals surface area contributed by atoms with Gasteiger partial charge in [-0.15, -0.1) is 0 Å². The van der Waals surface area contributed by atoms with Crippen LogP contribution in [-0.2, 0) is 9.53 Å². The molecule has 21 heavy (non-hydrogen) atoms. The Morgan fingerprint density at radius 2 is 2.00 bits per heavy atom. The number of ether oxygens (including phenoxy) is 2. The summed E-state index contributed by atoms with van der Waals surface area (Å²) in [6, 6.07) is 7.65. The van der Waals surface area contributed by atoms with Crippen LogP contribution in [0.2, 0.25) is 0 Å². The Balaban J connectivity index is 1.75. The molecule has 0 radical (unpaired) electrons. The Morgan fingerprint density at radius 3 is 2.62 bits per heavy atom. The van der Waals surface area contributed by atoms with Crippen LogP contribution < -0.4 is 15.4 Å². The van der Waals surface area contributed by atoms with Crippen molar-refractivity contribution in [3.63, 3.8) is 0 Å². The number of benzene rings is 1. The lowest BCUT2D eigenvalue weighted by Gasteiger charge is -2.23. The standard InChI is InChI=1S/C16H24N2O3/c1-12(13-3-5-14(20-2)6-4-13)18-16(19)11-21-15-7-9-17-10-8-15/h3-6,12,15,17H,7-11H2,1-2H3,(H,18,19). The van der Waals surface area contributed by atoms with E-state index in [0.29, 0.717) is 0 Å². The fraction of sp³-hybridized carbons (Fsp3) is 0.562. The number of hydrogen-bond donors (Lipinski definition) is 2. The second kappa shape index (κ2) is 8.00. The van der Waals surface area contributed by atoms with Gasteiger partial charge in [-0.3, -0.25) is 4.79 Å². The van der Waals surface area contributed by atoms with Crippen LogP contribution in [-0.4, -0.2) is 38.8 Å². The first-order chi connectivity index (χ1) is 10.2. The molecule has 0 bridgehead atoms. The summed E-state index contributed by atoms with van der Waals surface area (Å²) in [7, 11) is 1.64. The molecule has 1 unspecified atom stereocenters. The lowest BCUT2D eigenvalue weighted by Crippen LogP contribution is -2.36. The molecule has 1 amide bonds. The molecule has 1 saturated heterocycles. The Labute approximate surface area is 126 Å². The highest BCUT2D eigenvalue weighted by molar-refractivity contribution is 5.77. The summed E-state index contributed by atoms with van der Waals surface area (Å²) in [4.78, 5) is 11.9. The molecule has 1 fully saturated rings. The van der Waals surface area contributed by atoms with Gasteiger partial charge in [0, 0.05) is 0 Å². The monoisotopic (exact) mass is 292 g/mol. The zero-order valence-electron chi connectivity index (χ0n) is 12.7. The second-order valence-electron chi connectivity index (χ2n) is 5.32. The van der Waals surface area contributed by atoms with Gasteiger partial charge < -0.3 is 20.1 Å². The Morgan fingerprint density at radius 1 is 1.33 bits per heavy atom. The average Bonchev–Trinajstić information content (AvgIpc) is 2.54. The lowest BCUT2D eigenvalue weighted by molar-refractivity contribution is -0.128. The van der Waals surface area contributed by atoms with Crippen molar-refractivity contribution in [2.75, 3.05) is 26.8 Å². The van der Waals surface area contributed by atoms with Crippen LogP contribution in [0.3, 0.4) is 0 Å². The number of rotatable bonds is 6. The minimum atomic E-state index is -0.0724. The molecule has 1 aromatic carbocycles. The molecule has 2 N–H and O–H groups in total. The summed E-state index contributed by atoms with van der Waals surface area (Å²) < 4.78 is 10.8. The molecule has 1 aliphatic rings. The molecule has 5 nitrogen and oxygen atoms in total. The maximum atomic E-state index is 11.9. The van der Waals surface area contributed by atoms with Crippen molar-refractivity contribution in [1.29, 1.82) is 0 Å². The van der Waals surface area contributed by atoms with Crippen molar-refractivity contribution >= 4 is 5.91 Å². The van der Waals surface area contributed by atoms with Crippen LogP contribution >= 0.6 is 0 Å². The fourth-order valence-corrected chi connectivity index (χ4v) is 2.41. The number of hydrogen-bond acceptors (Lipinski definition) is 4. The number of nitrogens with one attached hydrogen (secondary N) is 2. The molecule has 2 rings (SSSR count). The van der Waals surface area contributed by atoms with Crippen molar-refractivity contribution in [3.8, 4) is 5.75 Å². The highest BCUT2D eigenvalue weighted by Crippen LogP contribution is 2.17. The third kappa shape index (κ3) is 5.02. The van der Waals surface area contributed by atoms with E-state index in [1.54, 1.807) is 7.11 Å². The SMILES string of the molecule is COc1ccc(C(C)NC(=O)COC2CCNCC2)cc1. The number of carbonyl (C=O) groups excluding carboxylic acids is 1. The van der Waals surface area contributed by atoms with E-state index in [1.165, 1.54) is 0 Å². The number of piperidine rings is 1. The van der Waals surface area contributed by atoms with Gasteiger partial charge in [-0.05, 0) is 50.6 Å². The Hall–Kier alpha value is -1.59. The van der Waals surface area contributed by atoms with Crippen LogP contribution in [0.4, 0.5) is 0 Å². The van der Waals surface area contributed by atoms with E-state index in [9.17, 15) is 4.79 Å². The van der Waals surface area contributed by atoms with Crippen molar-refractivity contribution in [2.45, 2.75) is 31.9 Å². The van der Waals surface area contributed by atoms with Gasteiger partial charge in [-0.1, -0.05) is 12.1 Å². The van der Waals surface area contributed by atoms with Crippen molar-refractivity contribution < 1.29 is 14.3 Å². The zero-order chi connectivity index (χ0) is 15.1. The largest absolute Gasteiger partial charge is 0.497 e. The molecule has 0 saturated carbocycles. The minimum Gasteiger partial charge on any atom is -0.497 e. The molecule has 1 aliphatic heterocycles. The molecule has 0 aliphatic carbocycles. The Bertz CT molecular complexity index is 441. The minimum absolute atomic E-state index is 0.0416. The smallest absolute Gasteiger partial charge is 0.246 e. The summed E-state index contributed by atoms with van der Waals surface area (Å²) in [6.07, 6.45) is 2.15. The maximum Gasteiger partial charge on any atom is 0.246 e. The topological polar surface area (TPSA) is 59.6 Å². The van der Waals surface area contributed by atoms with Gasteiger partial charge in [-0.25, -0.2) is 0 Å². The maximum absolute atomic E-state index is 11.9. The predicted molar refractivity (Wildman–Crippen MR) is 81.4 cm³/mol. The summed E-state index contributed by atoms with van der Waals surface area (Å²) in [6.45, 7) is 4.03. The van der Waals surface area contributed by atoms with Gasteiger partial charge in [0.15, 0.2) is 0 Å². The predicted octanol–water partition coefficient (Wildman–Crippen LogP) is 1.64. The number of carbonyl (C=O) groups is 1. The van der Waals surface area contributed by atoms with E-state index >= 15 is 0 Å². The van der Waals surface area contributed by atoms with Gasteiger partial charge in [0.05, 0.1) is 19.3 Å². The second-order valence-corrected chi connectivity index (χ2v) is 5.32. The summed E-state index contributed by atoms with van der Waals surface area (Å²) in [5, 5.41) is 6.23. The third-order valence-corrected chi connectivity index (χ3v) is 3.73. The number of amides is 1. The van der Waals surface area contributed by atoms with Gasteiger partial charge in [0.2, 0.25) is 5.91 Å². The molecule has 1 aromatic rings. The normalized spacial score (nSPS) is 17.2. The zero-order valence-corrected chi connectivity index (χ0v) is 12.7. The van der Waals surface area contributed by atoms with E-state index in [4.69, 9.17) is 9.47 Å². The highest BCUT2D eigenvalue weighted by Gasteiger charge is 2.16. The molecular weight excluding hydrogens is 268 g/mol. The average molecular weight is 292 g/mol. The quantitative estimate of drug-likeness (QED) is 0.837. The first kappa shape index (κ1) is 15.8. The Kier molecular flexibility index (Phi) is 6.02. The van der Waals surface area contributed by atoms with Gasteiger partial charge >= 0.3 is 0 Å². The van der Waals surface area contributed by atoms with E-state index in [1.807, 2.05) is 31.2 Å². The van der Waals surface area contributed by atoms with Crippen molar-refractivity contribution in [3.05, 3.63) is 29.8 Å². The molecule has 1 heterocycles. The van der Waals surface area contributed by atoms with Gasteiger partial charge in [0.25, 0.3) is 0 Å². The molecular formula is C16H24N2O3. The number of methoxy groups -OCH3 is 1. The first-order valence-electron chi connectivity index (χ1n) is 7.44. The van der Waals surface area contributed by atoms with Crippen molar-refractivity contribution in [2.24, 2.45) is 0 Å². The molecule has 5 heteroatoms. The van der Waals surface area contributed by atoms with Crippen LogP contribution in [0.25, 0.3) is 0 Å². The van der Waals surface area contributed by atoms with Crippen LogP contribution in [0.5, 0.6) is 5.75 Å². The van der Waals surface area contributed by atoms with E-state index < -0.39 is 0 Å². The van der Waals surface area contributed by atoms with Crippen LogP contribution in [0.15, 0.2) is 24.3 Å². The van der Waals surface area contributed by atoms with Gasteiger partial charge in [0.1, 0.15) is 12.4 Å². The first-order valence-corrected chi connectivity index (χ1v) is 7.44. The summed E-state index contributed by atoms with van der Waals surface area (Å²) >= 11 is 0. The molecule has 0 aromatic heterocycles. The van der Waals surface area contributed by atoms with Crippen LogP contribution in [0.1, 0.15) is 31.4 Å². The van der Waals surface area contributed by atoms with Crippen LogP contribution in [0, 0.1) is 0 Å².